The van der Waals surface area contributed by atoms with E-state index in [-0.39, 0.29) is 10.6 Å². The third-order valence-electron chi connectivity index (χ3n) is 2.45. The van der Waals surface area contributed by atoms with Crippen LogP contribution in [0.4, 0.5) is 5.69 Å². The Morgan fingerprint density at radius 1 is 1.12 bits per heavy atom. The van der Waals surface area contributed by atoms with Crippen molar-refractivity contribution in [3.8, 4) is 11.1 Å². The Morgan fingerprint density at radius 3 is 2.50 bits per heavy atom. The Bertz CT molecular complexity index is 535. The van der Waals surface area contributed by atoms with Gasteiger partial charge in [0.15, 0.2) is 0 Å². The van der Waals surface area contributed by atoms with E-state index in [1.54, 1.807) is 24.3 Å². The third kappa shape index (κ3) is 1.80. The van der Waals surface area contributed by atoms with Crippen LogP contribution < -0.4 is 0 Å². The van der Waals surface area contributed by atoms with Crippen molar-refractivity contribution in [3.05, 3.63) is 64.2 Å². The van der Waals surface area contributed by atoms with Crippen molar-refractivity contribution in [2.24, 2.45) is 0 Å². The summed E-state index contributed by atoms with van der Waals surface area (Å²) in [6.45, 7) is 1.89. The SMILES string of the molecule is Cc1[c]cccc1-c1ccccc1[N+](=O)[O-]. The fourth-order valence-corrected chi connectivity index (χ4v) is 1.67. The fraction of sp³-hybridized carbons (Fsp3) is 0.0769. The molecule has 0 aliphatic heterocycles. The van der Waals surface area contributed by atoms with Crippen LogP contribution in [-0.2, 0) is 0 Å². The van der Waals surface area contributed by atoms with E-state index in [9.17, 15) is 10.1 Å². The van der Waals surface area contributed by atoms with Crippen LogP contribution in [0.1, 0.15) is 5.56 Å². The molecule has 79 valence electrons. The molecule has 0 saturated heterocycles. The molecule has 16 heavy (non-hydrogen) atoms. The van der Waals surface area contributed by atoms with E-state index >= 15 is 0 Å². The van der Waals surface area contributed by atoms with Crippen molar-refractivity contribution < 1.29 is 4.92 Å². The highest BCUT2D eigenvalue weighted by Crippen LogP contribution is 2.31. The Kier molecular flexibility index (Phi) is 2.68. The van der Waals surface area contributed by atoms with Gasteiger partial charge in [-0.2, -0.15) is 0 Å². The second-order valence-electron chi connectivity index (χ2n) is 3.48. The zero-order valence-electron chi connectivity index (χ0n) is 8.81. The molecule has 0 heterocycles. The molecule has 0 fully saturated rings. The summed E-state index contributed by atoms with van der Waals surface area (Å²) in [7, 11) is 0. The first kappa shape index (κ1) is 10.4. The minimum Gasteiger partial charge on any atom is -0.258 e. The second kappa shape index (κ2) is 4.14. The highest BCUT2D eigenvalue weighted by atomic mass is 16.6. The summed E-state index contributed by atoms with van der Waals surface area (Å²) < 4.78 is 0. The Morgan fingerprint density at radius 2 is 1.81 bits per heavy atom. The number of para-hydroxylation sites is 1. The molecule has 0 saturated carbocycles. The summed E-state index contributed by atoms with van der Waals surface area (Å²) in [4.78, 5) is 10.5. The lowest BCUT2D eigenvalue weighted by atomic mass is 9.99. The number of benzene rings is 2. The smallest absolute Gasteiger partial charge is 0.258 e. The van der Waals surface area contributed by atoms with Gasteiger partial charge in [-0.1, -0.05) is 30.3 Å². The van der Waals surface area contributed by atoms with Crippen LogP contribution in [0.15, 0.2) is 42.5 Å². The topological polar surface area (TPSA) is 43.1 Å². The van der Waals surface area contributed by atoms with Gasteiger partial charge < -0.3 is 0 Å². The van der Waals surface area contributed by atoms with Crippen LogP contribution in [0, 0.1) is 23.1 Å². The Labute approximate surface area is 93.5 Å². The van der Waals surface area contributed by atoms with Gasteiger partial charge in [-0.25, -0.2) is 0 Å². The van der Waals surface area contributed by atoms with Gasteiger partial charge in [0.25, 0.3) is 5.69 Å². The summed E-state index contributed by atoms with van der Waals surface area (Å²) in [5.74, 6) is 0. The van der Waals surface area contributed by atoms with Gasteiger partial charge in [0.1, 0.15) is 0 Å². The largest absolute Gasteiger partial charge is 0.277 e. The van der Waals surface area contributed by atoms with Gasteiger partial charge in [-0.15, -0.1) is 0 Å². The van der Waals surface area contributed by atoms with Crippen LogP contribution in [0.25, 0.3) is 11.1 Å². The zero-order chi connectivity index (χ0) is 11.5. The van der Waals surface area contributed by atoms with Gasteiger partial charge in [-0.05, 0) is 30.2 Å². The lowest BCUT2D eigenvalue weighted by Gasteiger charge is -2.05. The summed E-state index contributed by atoms with van der Waals surface area (Å²) in [5, 5.41) is 10.9. The average Bonchev–Trinajstić information content (AvgIpc) is 2.29. The highest BCUT2D eigenvalue weighted by Gasteiger charge is 2.14. The second-order valence-corrected chi connectivity index (χ2v) is 3.48. The minimum atomic E-state index is -0.359. The van der Waals surface area contributed by atoms with Crippen molar-refractivity contribution in [2.75, 3.05) is 0 Å². The van der Waals surface area contributed by atoms with E-state index in [4.69, 9.17) is 0 Å². The van der Waals surface area contributed by atoms with E-state index in [0.717, 1.165) is 11.1 Å². The number of aryl methyl sites for hydroxylation is 1. The normalized spacial score (nSPS) is 10.1. The van der Waals surface area contributed by atoms with E-state index in [0.29, 0.717) is 5.56 Å². The average molecular weight is 212 g/mol. The van der Waals surface area contributed by atoms with Crippen molar-refractivity contribution in [1.29, 1.82) is 0 Å². The van der Waals surface area contributed by atoms with Crippen LogP contribution in [0.2, 0.25) is 0 Å². The molecule has 2 aromatic rings. The van der Waals surface area contributed by atoms with Crippen molar-refractivity contribution >= 4 is 5.69 Å². The van der Waals surface area contributed by atoms with Crippen LogP contribution in [0.5, 0.6) is 0 Å². The maximum Gasteiger partial charge on any atom is 0.277 e. The van der Waals surface area contributed by atoms with Crippen LogP contribution in [-0.4, -0.2) is 4.92 Å². The molecule has 0 amide bonds. The zero-order valence-corrected chi connectivity index (χ0v) is 8.81. The van der Waals surface area contributed by atoms with E-state index in [2.05, 4.69) is 6.07 Å². The molecule has 0 spiro atoms. The number of rotatable bonds is 2. The van der Waals surface area contributed by atoms with Crippen LogP contribution in [0.3, 0.4) is 0 Å². The standard InChI is InChI=1S/C13H10NO2/c1-10-6-2-3-7-11(10)12-8-4-5-9-13(12)14(15)16/h2-5,7-9H,1H3. The molecule has 0 bridgehead atoms. The third-order valence-corrected chi connectivity index (χ3v) is 2.45. The predicted molar refractivity (Wildman–Crippen MR) is 62.1 cm³/mol. The van der Waals surface area contributed by atoms with Crippen LogP contribution >= 0.6 is 0 Å². The van der Waals surface area contributed by atoms with Gasteiger partial charge in [-0.3, -0.25) is 10.1 Å². The first-order chi connectivity index (χ1) is 7.70. The molecular formula is C13H10NO2. The number of nitrogens with zero attached hydrogens (tertiary/aromatic N) is 1. The molecule has 0 unspecified atom stereocenters. The quantitative estimate of drug-likeness (QED) is 0.565. The lowest BCUT2D eigenvalue weighted by Crippen LogP contribution is -1.92. The molecule has 3 nitrogen and oxygen atoms in total. The molecule has 0 aliphatic rings. The molecule has 0 N–H and O–H groups in total. The summed E-state index contributed by atoms with van der Waals surface area (Å²) >= 11 is 0. The maximum atomic E-state index is 10.9. The molecule has 0 aliphatic carbocycles. The molecule has 3 heteroatoms. The maximum absolute atomic E-state index is 10.9. The number of hydrogen-bond acceptors (Lipinski definition) is 2. The molecule has 0 aromatic heterocycles. The van der Waals surface area contributed by atoms with E-state index in [1.165, 1.54) is 6.07 Å². The van der Waals surface area contributed by atoms with Crippen molar-refractivity contribution in [2.45, 2.75) is 6.92 Å². The predicted octanol–water partition coefficient (Wildman–Crippen LogP) is 3.37. The Balaban J connectivity index is 2.65. The molecule has 1 radical (unpaired) electrons. The van der Waals surface area contributed by atoms with Gasteiger partial charge in [0, 0.05) is 6.07 Å². The molecule has 2 rings (SSSR count). The van der Waals surface area contributed by atoms with Gasteiger partial charge >= 0.3 is 0 Å². The highest BCUT2D eigenvalue weighted by molar-refractivity contribution is 5.75. The van der Waals surface area contributed by atoms with Crippen molar-refractivity contribution in [1.82, 2.24) is 0 Å². The summed E-state index contributed by atoms with van der Waals surface area (Å²) in [6.07, 6.45) is 0. The molecular weight excluding hydrogens is 202 g/mol. The van der Waals surface area contributed by atoms with E-state index < -0.39 is 0 Å². The summed E-state index contributed by atoms with van der Waals surface area (Å²) in [5.41, 5.74) is 2.54. The lowest BCUT2D eigenvalue weighted by molar-refractivity contribution is -0.384. The first-order valence-electron chi connectivity index (χ1n) is 4.91. The number of nitro benzene ring substituents is 1. The number of hydrogen-bond donors (Lipinski definition) is 0. The van der Waals surface area contributed by atoms with Gasteiger partial charge in [0.2, 0.25) is 0 Å². The van der Waals surface area contributed by atoms with E-state index in [1.807, 2.05) is 19.1 Å². The number of nitro groups is 1. The molecule has 2 aromatic carbocycles. The fourth-order valence-electron chi connectivity index (χ4n) is 1.67. The van der Waals surface area contributed by atoms with Crippen molar-refractivity contribution in [3.63, 3.8) is 0 Å². The van der Waals surface area contributed by atoms with Gasteiger partial charge in [0.05, 0.1) is 10.5 Å². The molecule has 0 atom stereocenters. The minimum absolute atomic E-state index is 0.130. The Hall–Kier alpha value is -2.16. The summed E-state index contributed by atoms with van der Waals surface area (Å²) in [6, 6.07) is 15.3. The monoisotopic (exact) mass is 212 g/mol. The first-order valence-corrected chi connectivity index (χ1v) is 4.91.